The molecule has 1 aliphatic rings. The smallest absolute Gasteiger partial charge is 0.0595 e. The second-order valence-electron chi connectivity index (χ2n) is 4.79. The van der Waals surface area contributed by atoms with Gasteiger partial charge in [0.25, 0.3) is 0 Å². The van der Waals surface area contributed by atoms with Gasteiger partial charge in [-0.25, -0.2) is 0 Å². The number of para-hydroxylation sites is 1. The Balaban J connectivity index is 1.87. The van der Waals surface area contributed by atoms with E-state index in [1.54, 1.807) is 0 Å². The summed E-state index contributed by atoms with van der Waals surface area (Å²) in [6.07, 6.45) is 0. The minimum Gasteiger partial charge on any atom is -0.365 e. The molecule has 2 aromatic carbocycles. The average molecular weight is 293 g/mol. The van der Waals surface area contributed by atoms with Gasteiger partial charge in [-0.1, -0.05) is 47.5 Å². The fourth-order valence-electron chi connectivity index (χ4n) is 2.53. The van der Waals surface area contributed by atoms with Crippen molar-refractivity contribution < 1.29 is 0 Å². The first-order valence-corrected chi connectivity index (χ1v) is 6.94. The lowest BCUT2D eigenvalue weighted by Gasteiger charge is -2.19. The van der Waals surface area contributed by atoms with Crippen LogP contribution in [0.4, 0.5) is 5.69 Å². The van der Waals surface area contributed by atoms with Gasteiger partial charge in [0.15, 0.2) is 0 Å². The monoisotopic (exact) mass is 292 g/mol. The Labute approximate surface area is 122 Å². The first-order chi connectivity index (χ1) is 9.15. The van der Waals surface area contributed by atoms with E-state index >= 15 is 0 Å². The zero-order chi connectivity index (χ0) is 13.4. The molecule has 4 heteroatoms. The van der Waals surface area contributed by atoms with E-state index in [9.17, 15) is 0 Å². The largest absolute Gasteiger partial charge is 0.365 e. The van der Waals surface area contributed by atoms with Gasteiger partial charge in [0, 0.05) is 24.8 Å². The molecule has 1 heterocycles. The SMILES string of the molecule is N[C@H]1CN(Cc2ccc(Cl)c(Cl)c2)c2ccccc21. The van der Waals surface area contributed by atoms with Crippen LogP contribution in [0.5, 0.6) is 0 Å². The standard InChI is InChI=1S/C15H14Cl2N2/c16-12-6-5-10(7-13(12)17)8-19-9-14(18)11-3-1-2-4-15(11)19/h1-7,14H,8-9,18H2/t14-/m0/s1. The van der Waals surface area contributed by atoms with E-state index in [2.05, 4.69) is 17.0 Å². The summed E-state index contributed by atoms with van der Waals surface area (Å²) in [5.41, 5.74) is 9.71. The van der Waals surface area contributed by atoms with Crippen LogP contribution in [-0.2, 0) is 6.54 Å². The number of benzene rings is 2. The molecule has 2 aromatic rings. The molecule has 0 aliphatic carbocycles. The molecular weight excluding hydrogens is 279 g/mol. The van der Waals surface area contributed by atoms with Gasteiger partial charge >= 0.3 is 0 Å². The summed E-state index contributed by atoms with van der Waals surface area (Å²) in [5.74, 6) is 0. The molecule has 2 N–H and O–H groups in total. The third-order valence-electron chi connectivity index (χ3n) is 3.45. The lowest BCUT2D eigenvalue weighted by atomic mass is 10.1. The van der Waals surface area contributed by atoms with Gasteiger partial charge in [0.2, 0.25) is 0 Å². The van der Waals surface area contributed by atoms with Gasteiger partial charge in [-0.2, -0.15) is 0 Å². The number of nitrogens with two attached hydrogens (primary N) is 1. The fourth-order valence-corrected chi connectivity index (χ4v) is 2.85. The highest BCUT2D eigenvalue weighted by atomic mass is 35.5. The van der Waals surface area contributed by atoms with Crippen LogP contribution in [0, 0.1) is 0 Å². The molecule has 0 saturated heterocycles. The summed E-state index contributed by atoms with van der Waals surface area (Å²) in [6, 6.07) is 14.1. The molecule has 0 saturated carbocycles. The Kier molecular flexibility index (Phi) is 3.40. The molecular formula is C15H14Cl2N2. The molecule has 0 radical (unpaired) electrons. The Morgan fingerprint density at radius 3 is 2.68 bits per heavy atom. The van der Waals surface area contributed by atoms with E-state index in [0.717, 1.165) is 18.7 Å². The molecule has 0 unspecified atom stereocenters. The second kappa shape index (κ2) is 5.04. The van der Waals surface area contributed by atoms with Crippen molar-refractivity contribution in [2.75, 3.05) is 11.4 Å². The van der Waals surface area contributed by atoms with Gasteiger partial charge < -0.3 is 10.6 Å². The third-order valence-corrected chi connectivity index (χ3v) is 4.19. The zero-order valence-corrected chi connectivity index (χ0v) is 11.8. The van der Waals surface area contributed by atoms with E-state index in [4.69, 9.17) is 28.9 Å². The number of fused-ring (bicyclic) bond motifs is 1. The van der Waals surface area contributed by atoms with Crippen molar-refractivity contribution >= 4 is 28.9 Å². The van der Waals surface area contributed by atoms with Gasteiger partial charge in [0.05, 0.1) is 10.0 Å². The molecule has 0 aromatic heterocycles. The van der Waals surface area contributed by atoms with Crippen LogP contribution in [-0.4, -0.2) is 6.54 Å². The maximum atomic E-state index is 6.16. The number of hydrogen-bond donors (Lipinski definition) is 1. The van der Waals surface area contributed by atoms with Gasteiger partial charge in [-0.3, -0.25) is 0 Å². The number of hydrogen-bond acceptors (Lipinski definition) is 2. The van der Waals surface area contributed by atoms with Crippen molar-refractivity contribution in [3.8, 4) is 0 Å². The Hall–Kier alpha value is -1.22. The predicted molar refractivity (Wildman–Crippen MR) is 80.9 cm³/mol. The van der Waals surface area contributed by atoms with Crippen LogP contribution < -0.4 is 10.6 Å². The molecule has 0 bridgehead atoms. The number of anilines is 1. The molecule has 1 atom stereocenters. The summed E-state index contributed by atoms with van der Waals surface area (Å²) in [4.78, 5) is 2.28. The van der Waals surface area contributed by atoms with E-state index in [1.165, 1.54) is 11.3 Å². The highest BCUT2D eigenvalue weighted by Gasteiger charge is 2.25. The molecule has 2 nitrogen and oxygen atoms in total. The van der Waals surface area contributed by atoms with Crippen LogP contribution in [0.2, 0.25) is 10.0 Å². The maximum absolute atomic E-state index is 6.16. The highest BCUT2D eigenvalue weighted by molar-refractivity contribution is 6.42. The first-order valence-electron chi connectivity index (χ1n) is 6.18. The van der Waals surface area contributed by atoms with Gasteiger partial charge in [-0.15, -0.1) is 0 Å². The van der Waals surface area contributed by atoms with Crippen LogP contribution in [0.25, 0.3) is 0 Å². The van der Waals surface area contributed by atoms with E-state index in [-0.39, 0.29) is 6.04 Å². The molecule has 3 rings (SSSR count). The summed E-state index contributed by atoms with van der Waals surface area (Å²) in [5, 5.41) is 1.18. The lowest BCUT2D eigenvalue weighted by Crippen LogP contribution is -2.23. The normalized spacial score (nSPS) is 17.6. The number of halogens is 2. The van der Waals surface area contributed by atoms with Crippen molar-refractivity contribution in [2.45, 2.75) is 12.6 Å². The summed E-state index contributed by atoms with van der Waals surface area (Å²) in [7, 11) is 0. The van der Waals surface area contributed by atoms with Crippen LogP contribution in [0.15, 0.2) is 42.5 Å². The van der Waals surface area contributed by atoms with E-state index in [0.29, 0.717) is 10.0 Å². The van der Waals surface area contributed by atoms with Crippen LogP contribution in [0.3, 0.4) is 0 Å². The molecule has 0 amide bonds. The molecule has 0 fully saturated rings. The minimum absolute atomic E-state index is 0.0824. The topological polar surface area (TPSA) is 29.3 Å². The summed E-state index contributed by atoms with van der Waals surface area (Å²) >= 11 is 12.0. The number of rotatable bonds is 2. The van der Waals surface area contributed by atoms with Crippen LogP contribution >= 0.6 is 23.2 Å². The van der Waals surface area contributed by atoms with Crippen molar-refractivity contribution in [1.82, 2.24) is 0 Å². The molecule has 1 aliphatic heterocycles. The fraction of sp³-hybridized carbons (Fsp3) is 0.200. The summed E-state index contributed by atoms with van der Waals surface area (Å²) < 4.78 is 0. The second-order valence-corrected chi connectivity index (χ2v) is 5.61. The highest BCUT2D eigenvalue weighted by Crippen LogP contribution is 2.34. The van der Waals surface area contributed by atoms with Crippen LogP contribution in [0.1, 0.15) is 17.2 Å². The first kappa shape index (κ1) is 12.8. The zero-order valence-electron chi connectivity index (χ0n) is 10.3. The Morgan fingerprint density at radius 2 is 1.89 bits per heavy atom. The quantitative estimate of drug-likeness (QED) is 0.906. The lowest BCUT2D eigenvalue weighted by molar-refractivity contribution is 0.720. The molecule has 19 heavy (non-hydrogen) atoms. The summed E-state index contributed by atoms with van der Waals surface area (Å²) in [6.45, 7) is 1.63. The Bertz CT molecular complexity index is 613. The molecule has 98 valence electrons. The van der Waals surface area contributed by atoms with Gasteiger partial charge in [0.1, 0.15) is 0 Å². The van der Waals surface area contributed by atoms with Gasteiger partial charge in [-0.05, 0) is 29.3 Å². The van der Waals surface area contributed by atoms with E-state index in [1.807, 2.05) is 30.3 Å². The maximum Gasteiger partial charge on any atom is 0.0595 e. The van der Waals surface area contributed by atoms with Crippen molar-refractivity contribution in [2.24, 2.45) is 5.73 Å². The van der Waals surface area contributed by atoms with Crippen molar-refractivity contribution in [1.29, 1.82) is 0 Å². The Morgan fingerprint density at radius 1 is 1.11 bits per heavy atom. The average Bonchev–Trinajstić information content (AvgIpc) is 2.72. The third kappa shape index (κ3) is 2.44. The van der Waals surface area contributed by atoms with Crippen molar-refractivity contribution in [3.63, 3.8) is 0 Å². The van der Waals surface area contributed by atoms with Crippen molar-refractivity contribution in [3.05, 3.63) is 63.6 Å². The minimum atomic E-state index is 0.0824. The predicted octanol–water partition coefficient (Wildman–Crippen LogP) is 4.01. The number of nitrogens with zero attached hydrogens (tertiary/aromatic N) is 1. The van der Waals surface area contributed by atoms with E-state index < -0.39 is 0 Å². The molecule has 0 spiro atoms.